The number of halogens is 4. The number of likely N-dealkylation sites (N-methyl/N-ethyl adjacent to an activating group) is 1. The summed E-state index contributed by atoms with van der Waals surface area (Å²) in [6.45, 7) is 6.27. The van der Waals surface area contributed by atoms with Crippen LogP contribution >= 0.6 is 11.8 Å². The molecule has 2 aromatic rings. The van der Waals surface area contributed by atoms with Crippen LogP contribution in [0.25, 0.3) is 0 Å². The van der Waals surface area contributed by atoms with Crippen molar-refractivity contribution in [3.63, 3.8) is 0 Å². The third-order valence-corrected chi connectivity index (χ3v) is 8.40. The highest BCUT2D eigenvalue weighted by atomic mass is 32.2. The monoisotopic (exact) mass is 524 g/mol. The molecule has 0 aliphatic carbocycles. The van der Waals surface area contributed by atoms with Crippen molar-refractivity contribution in [2.24, 2.45) is 10.4 Å². The molecule has 1 aromatic heterocycles. The molecule has 3 aliphatic heterocycles. The van der Waals surface area contributed by atoms with Gasteiger partial charge in [0, 0.05) is 36.0 Å². The number of carbonyl (C=O) groups excluding carboxylic acids is 1. The molecule has 2 atom stereocenters. The Labute approximate surface area is 208 Å². The van der Waals surface area contributed by atoms with Crippen molar-refractivity contribution in [2.75, 3.05) is 48.9 Å². The molecule has 1 aromatic carbocycles. The zero-order valence-corrected chi connectivity index (χ0v) is 20.2. The Bertz CT molecular complexity index is 1220. The standard InChI is InChI=1S/C23H24F4N6O2S/c1-29-15-11-35-12-21(15)6-8-33(9-7-21)16-10-30-19(18(28)31-16)36-14-5-3-4-13-17(14)22(24,23(25,26)27)20(34)32(13)2/h3-5,10,15H,1,6-9,11-12H2,2H3,(H2,28,31)/t15-,22?/m1/s1. The molecule has 2 saturated heterocycles. The maximum Gasteiger partial charge on any atom is 0.436 e. The Balaban J connectivity index is 1.39. The number of carbonyl (C=O) groups is 1. The van der Waals surface area contributed by atoms with Gasteiger partial charge in [-0.05, 0) is 31.7 Å². The minimum absolute atomic E-state index is 0.000584. The highest BCUT2D eigenvalue weighted by Crippen LogP contribution is 2.55. The lowest BCUT2D eigenvalue weighted by Crippen LogP contribution is -2.46. The summed E-state index contributed by atoms with van der Waals surface area (Å²) in [6.07, 6.45) is -2.26. The average molecular weight is 525 g/mol. The first-order valence-corrected chi connectivity index (χ1v) is 12.1. The molecule has 8 nitrogen and oxygen atoms in total. The van der Waals surface area contributed by atoms with Gasteiger partial charge in [0.15, 0.2) is 5.82 Å². The first-order chi connectivity index (χ1) is 17.0. The maximum absolute atomic E-state index is 15.4. The van der Waals surface area contributed by atoms with Crippen molar-refractivity contribution in [3.05, 3.63) is 30.0 Å². The maximum atomic E-state index is 15.4. The molecule has 2 N–H and O–H groups in total. The number of fused-ring (bicyclic) bond motifs is 1. The highest BCUT2D eigenvalue weighted by molar-refractivity contribution is 7.99. The summed E-state index contributed by atoms with van der Waals surface area (Å²) < 4.78 is 62.3. The summed E-state index contributed by atoms with van der Waals surface area (Å²) >= 11 is 0.744. The molecule has 36 heavy (non-hydrogen) atoms. The van der Waals surface area contributed by atoms with Crippen molar-refractivity contribution in [1.29, 1.82) is 0 Å². The number of anilines is 3. The van der Waals surface area contributed by atoms with Gasteiger partial charge in [0.05, 0.1) is 31.1 Å². The Kier molecular flexibility index (Phi) is 5.90. The molecule has 192 valence electrons. The first kappa shape index (κ1) is 24.8. The topological polar surface area (TPSA) is 96.9 Å². The highest BCUT2D eigenvalue weighted by Gasteiger charge is 2.69. The number of nitrogen functional groups attached to an aromatic ring is 1. The fourth-order valence-electron chi connectivity index (χ4n) is 5.21. The molecule has 1 spiro atoms. The van der Waals surface area contributed by atoms with E-state index in [1.165, 1.54) is 24.4 Å². The van der Waals surface area contributed by atoms with Gasteiger partial charge in [-0.15, -0.1) is 0 Å². The van der Waals surface area contributed by atoms with Gasteiger partial charge in [0.1, 0.15) is 10.8 Å². The third-order valence-electron chi connectivity index (χ3n) is 7.33. The second-order valence-electron chi connectivity index (χ2n) is 9.25. The minimum atomic E-state index is -5.43. The fraction of sp³-hybridized carbons (Fsp3) is 0.478. The number of aliphatic imine (C=N–C) groups is 1. The molecule has 0 saturated carbocycles. The molecule has 0 radical (unpaired) electrons. The number of hydrogen-bond acceptors (Lipinski definition) is 8. The van der Waals surface area contributed by atoms with E-state index in [9.17, 15) is 18.0 Å². The van der Waals surface area contributed by atoms with Gasteiger partial charge in [-0.2, -0.15) is 13.2 Å². The Hall–Kier alpha value is -2.93. The van der Waals surface area contributed by atoms with E-state index in [1.807, 2.05) is 4.90 Å². The summed E-state index contributed by atoms with van der Waals surface area (Å²) in [6, 6.07) is 4.09. The van der Waals surface area contributed by atoms with Crippen molar-refractivity contribution < 1.29 is 27.1 Å². The number of piperidine rings is 1. The van der Waals surface area contributed by atoms with Gasteiger partial charge in [0.2, 0.25) is 0 Å². The van der Waals surface area contributed by atoms with Crippen molar-refractivity contribution in [3.8, 4) is 0 Å². The molecule has 2 fully saturated rings. The number of amides is 1. The van der Waals surface area contributed by atoms with Crippen LogP contribution in [0.3, 0.4) is 0 Å². The Morgan fingerprint density at radius 3 is 2.67 bits per heavy atom. The molecule has 5 rings (SSSR count). The van der Waals surface area contributed by atoms with Gasteiger partial charge in [0.25, 0.3) is 5.91 Å². The predicted octanol–water partition coefficient (Wildman–Crippen LogP) is 3.60. The normalized spacial score (nSPS) is 25.5. The van der Waals surface area contributed by atoms with Crippen LogP contribution in [0.5, 0.6) is 0 Å². The molecular formula is C23H24F4N6O2S. The summed E-state index contributed by atoms with van der Waals surface area (Å²) in [5.74, 6) is -1.15. The second-order valence-corrected chi connectivity index (χ2v) is 10.3. The van der Waals surface area contributed by atoms with E-state index < -0.39 is 23.3 Å². The van der Waals surface area contributed by atoms with Crippen LogP contribution in [0.4, 0.5) is 34.9 Å². The smallest absolute Gasteiger partial charge is 0.381 e. The summed E-state index contributed by atoms with van der Waals surface area (Å²) in [5, 5.41) is 0.118. The van der Waals surface area contributed by atoms with E-state index in [4.69, 9.17) is 10.5 Å². The Morgan fingerprint density at radius 1 is 1.31 bits per heavy atom. The van der Waals surface area contributed by atoms with Crippen LogP contribution in [0.1, 0.15) is 18.4 Å². The lowest BCUT2D eigenvalue weighted by Gasteiger charge is -2.40. The quantitative estimate of drug-likeness (QED) is 0.482. The van der Waals surface area contributed by atoms with Gasteiger partial charge in [-0.1, -0.05) is 17.8 Å². The van der Waals surface area contributed by atoms with E-state index >= 15 is 4.39 Å². The zero-order valence-electron chi connectivity index (χ0n) is 19.4. The average Bonchev–Trinajstić information content (AvgIpc) is 3.33. The van der Waals surface area contributed by atoms with E-state index in [0.717, 1.165) is 31.7 Å². The number of nitrogens with zero attached hydrogens (tertiary/aromatic N) is 5. The molecular weight excluding hydrogens is 500 g/mol. The number of hydrogen-bond donors (Lipinski definition) is 1. The van der Waals surface area contributed by atoms with Crippen LogP contribution in [-0.4, -0.2) is 68.2 Å². The lowest BCUT2D eigenvalue weighted by atomic mass is 9.75. The van der Waals surface area contributed by atoms with E-state index in [0.29, 0.717) is 37.0 Å². The van der Waals surface area contributed by atoms with Gasteiger partial charge < -0.3 is 20.3 Å². The van der Waals surface area contributed by atoms with Crippen LogP contribution < -0.4 is 15.5 Å². The van der Waals surface area contributed by atoms with E-state index in [-0.39, 0.29) is 32.9 Å². The first-order valence-electron chi connectivity index (χ1n) is 11.3. The van der Waals surface area contributed by atoms with Gasteiger partial charge >= 0.3 is 11.8 Å². The zero-order chi connectivity index (χ0) is 25.9. The molecule has 1 unspecified atom stereocenters. The Morgan fingerprint density at radius 2 is 2.03 bits per heavy atom. The lowest BCUT2D eigenvalue weighted by molar-refractivity contribution is -0.228. The van der Waals surface area contributed by atoms with Gasteiger partial charge in [-0.25, -0.2) is 14.4 Å². The van der Waals surface area contributed by atoms with Crippen molar-refractivity contribution in [1.82, 2.24) is 9.97 Å². The van der Waals surface area contributed by atoms with Crippen LogP contribution in [0.15, 0.2) is 39.3 Å². The number of rotatable bonds is 4. The van der Waals surface area contributed by atoms with Crippen LogP contribution in [0, 0.1) is 5.41 Å². The SMILES string of the molecule is C=N[C@@H]1COCC12CCN(c1cnc(Sc3cccc4c3C(F)(C(F)(F)F)C(=O)N4C)c(N)n1)CC2. The predicted molar refractivity (Wildman–Crippen MR) is 127 cm³/mol. The van der Waals surface area contributed by atoms with E-state index in [2.05, 4.69) is 21.7 Å². The van der Waals surface area contributed by atoms with Gasteiger partial charge in [-0.3, -0.25) is 9.79 Å². The number of ether oxygens (including phenoxy) is 1. The summed E-state index contributed by atoms with van der Waals surface area (Å²) in [4.78, 5) is 27.9. The number of aromatic nitrogens is 2. The van der Waals surface area contributed by atoms with Crippen LogP contribution in [-0.2, 0) is 15.2 Å². The molecule has 13 heteroatoms. The minimum Gasteiger partial charge on any atom is -0.381 e. The van der Waals surface area contributed by atoms with Crippen molar-refractivity contribution >= 4 is 41.7 Å². The van der Waals surface area contributed by atoms with Crippen molar-refractivity contribution in [2.45, 2.75) is 40.6 Å². The largest absolute Gasteiger partial charge is 0.436 e. The summed E-state index contributed by atoms with van der Waals surface area (Å²) in [7, 11) is 1.11. The summed E-state index contributed by atoms with van der Waals surface area (Å²) in [5.41, 5.74) is 1.02. The molecule has 3 aliphatic rings. The molecule has 0 bridgehead atoms. The molecule has 4 heterocycles. The van der Waals surface area contributed by atoms with Crippen LogP contribution in [0.2, 0.25) is 0 Å². The van der Waals surface area contributed by atoms with E-state index in [1.54, 1.807) is 0 Å². The number of nitrogens with two attached hydrogens (primary N) is 1. The fourth-order valence-corrected chi connectivity index (χ4v) is 6.17. The second kappa shape index (κ2) is 8.58. The number of benzene rings is 1. The number of alkyl halides is 4. The molecule has 1 amide bonds. The third kappa shape index (κ3) is 3.62.